The molecule has 2 fully saturated rings. The van der Waals surface area contributed by atoms with Crippen LogP contribution in [0.5, 0.6) is 5.75 Å². The molecular formula is C32H51ClN4O8. The predicted octanol–water partition coefficient (Wildman–Crippen LogP) is 2.64. The standard InChI is InChI=1S/C32H51ClN4O8/c33-25-8-5-9-27(22-25)44-24-26(38)12-13-29-28(30(39)23-31(29)40)10-3-1-2-4-11-32(41)34-14-6-15-35-17-19-36(20-18-35)16-7-21-45-37(42)43/h1,3,5,8-9,12-13,22,26,28-31,38-40,42-43H,2,4,6-7,10-11,14-21,23-24H2,(H,34,41)/b3-1-,13-12+/t26-,28-,29-,30+,31-/m1/s1. The molecule has 0 bridgehead atoms. The molecule has 1 saturated carbocycles. The summed E-state index contributed by atoms with van der Waals surface area (Å²) in [6.45, 7) is 6.63. The Labute approximate surface area is 271 Å². The van der Waals surface area contributed by atoms with E-state index in [2.05, 4.69) is 20.0 Å². The number of hydrogen-bond acceptors (Lipinski definition) is 11. The minimum absolute atomic E-state index is 0.0508. The smallest absolute Gasteiger partial charge is 0.220 e. The first-order valence-electron chi connectivity index (χ1n) is 16.0. The van der Waals surface area contributed by atoms with Gasteiger partial charge in [-0.1, -0.05) is 42.0 Å². The number of unbranched alkanes of at least 4 members (excludes halogenated alkanes) is 1. The van der Waals surface area contributed by atoms with Gasteiger partial charge in [-0.25, -0.2) is 0 Å². The van der Waals surface area contributed by atoms with Crippen molar-refractivity contribution in [3.8, 4) is 5.75 Å². The average molecular weight is 655 g/mol. The van der Waals surface area contributed by atoms with E-state index >= 15 is 0 Å². The second kappa shape index (κ2) is 20.9. The van der Waals surface area contributed by atoms with E-state index in [0.717, 1.165) is 65.0 Å². The Bertz CT molecular complexity index is 1040. The molecule has 0 aromatic heterocycles. The Balaban J connectivity index is 1.23. The van der Waals surface area contributed by atoms with Crippen LogP contribution in [-0.4, -0.2) is 124 Å². The Morgan fingerprint density at radius 1 is 1.07 bits per heavy atom. The highest BCUT2D eigenvalue weighted by Gasteiger charge is 2.39. The van der Waals surface area contributed by atoms with Crippen molar-refractivity contribution in [1.82, 2.24) is 20.5 Å². The van der Waals surface area contributed by atoms with Gasteiger partial charge in [0.25, 0.3) is 0 Å². The number of ether oxygens (including phenoxy) is 1. The SMILES string of the molecule is O=C(CCC/C=C\C[C@@H]1[C@@H](/C=C/[C@@H](O)COc2cccc(Cl)c2)[C@H](O)C[C@@H]1O)NCCCN1CCN(CCCON(O)O)CC1. The lowest BCUT2D eigenvalue weighted by Crippen LogP contribution is -2.47. The molecule has 1 aliphatic carbocycles. The summed E-state index contributed by atoms with van der Waals surface area (Å²) in [5.74, 6) is 0.194. The van der Waals surface area contributed by atoms with E-state index in [4.69, 9.17) is 26.8 Å². The van der Waals surface area contributed by atoms with E-state index in [1.165, 1.54) is 0 Å². The quantitative estimate of drug-likeness (QED) is 0.0697. The van der Waals surface area contributed by atoms with Crippen LogP contribution >= 0.6 is 11.6 Å². The highest BCUT2D eigenvalue weighted by atomic mass is 35.5. The fraction of sp³-hybridized carbons (Fsp3) is 0.656. The molecular weight excluding hydrogens is 604 g/mol. The van der Waals surface area contributed by atoms with E-state index in [0.29, 0.717) is 36.6 Å². The number of amides is 1. The van der Waals surface area contributed by atoms with Crippen LogP contribution in [0.1, 0.15) is 44.9 Å². The third kappa shape index (κ3) is 14.9. The fourth-order valence-corrected chi connectivity index (χ4v) is 5.98. The van der Waals surface area contributed by atoms with E-state index in [1.807, 2.05) is 12.2 Å². The number of nitrogens with one attached hydrogen (secondary N) is 1. The first-order valence-corrected chi connectivity index (χ1v) is 16.4. The molecule has 45 heavy (non-hydrogen) atoms. The summed E-state index contributed by atoms with van der Waals surface area (Å²) in [4.78, 5) is 21.5. The molecule has 0 radical (unpaired) electrons. The summed E-state index contributed by atoms with van der Waals surface area (Å²) in [6.07, 6.45) is 9.74. The van der Waals surface area contributed by atoms with Crippen molar-refractivity contribution in [3.63, 3.8) is 0 Å². The minimum Gasteiger partial charge on any atom is -0.491 e. The van der Waals surface area contributed by atoms with Gasteiger partial charge in [0.05, 0.1) is 24.2 Å². The van der Waals surface area contributed by atoms with Gasteiger partial charge >= 0.3 is 0 Å². The highest BCUT2D eigenvalue weighted by molar-refractivity contribution is 6.30. The molecule has 2 aliphatic rings. The fourth-order valence-electron chi connectivity index (χ4n) is 5.80. The Morgan fingerprint density at radius 2 is 1.80 bits per heavy atom. The molecule has 1 aromatic carbocycles. The lowest BCUT2D eigenvalue weighted by molar-refractivity contribution is -0.492. The molecule has 6 N–H and O–H groups in total. The van der Waals surface area contributed by atoms with Crippen LogP contribution in [0.4, 0.5) is 0 Å². The van der Waals surface area contributed by atoms with Crippen molar-refractivity contribution < 1.29 is 40.1 Å². The normalized spacial score (nSPS) is 23.8. The van der Waals surface area contributed by atoms with Crippen molar-refractivity contribution in [2.75, 3.05) is 59.0 Å². The van der Waals surface area contributed by atoms with Crippen LogP contribution in [0.2, 0.25) is 5.02 Å². The van der Waals surface area contributed by atoms with Crippen molar-refractivity contribution in [3.05, 3.63) is 53.6 Å². The van der Waals surface area contributed by atoms with Crippen molar-refractivity contribution in [1.29, 1.82) is 0 Å². The maximum absolute atomic E-state index is 12.2. The second-order valence-electron chi connectivity index (χ2n) is 11.8. The van der Waals surface area contributed by atoms with Gasteiger partial charge < -0.3 is 35.2 Å². The van der Waals surface area contributed by atoms with Gasteiger partial charge in [0.1, 0.15) is 18.5 Å². The summed E-state index contributed by atoms with van der Waals surface area (Å²) in [5.41, 5.74) is 0. The number of rotatable bonds is 20. The number of carbonyl (C=O) groups excluding carboxylic acids is 1. The van der Waals surface area contributed by atoms with Crippen LogP contribution in [-0.2, 0) is 9.63 Å². The zero-order chi connectivity index (χ0) is 32.4. The van der Waals surface area contributed by atoms with E-state index in [1.54, 1.807) is 36.4 Å². The van der Waals surface area contributed by atoms with Gasteiger partial charge in [0.15, 0.2) is 0 Å². The van der Waals surface area contributed by atoms with Gasteiger partial charge in [-0.05, 0) is 62.8 Å². The topological polar surface area (TPSA) is 158 Å². The van der Waals surface area contributed by atoms with Crippen LogP contribution < -0.4 is 10.1 Å². The number of allylic oxidation sites excluding steroid dienone is 2. The van der Waals surface area contributed by atoms with E-state index < -0.39 is 18.3 Å². The first-order chi connectivity index (χ1) is 21.7. The molecule has 5 atom stereocenters. The maximum atomic E-state index is 12.2. The summed E-state index contributed by atoms with van der Waals surface area (Å²) in [6, 6.07) is 6.95. The molecule has 1 amide bonds. The number of hydrogen-bond donors (Lipinski definition) is 6. The molecule has 12 nitrogen and oxygen atoms in total. The van der Waals surface area contributed by atoms with Crippen molar-refractivity contribution in [2.24, 2.45) is 11.8 Å². The number of halogens is 1. The summed E-state index contributed by atoms with van der Waals surface area (Å²) >= 11 is 5.96. The maximum Gasteiger partial charge on any atom is 0.220 e. The molecule has 0 spiro atoms. The zero-order valence-corrected chi connectivity index (χ0v) is 26.8. The van der Waals surface area contributed by atoms with Crippen LogP contribution in [0, 0.1) is 11.8 Å². The molecule has 254 valence electrons. The summed E-state index contributed by atoms with van der Waals surface area (Å²) in [5, 5.41) is 51.7. The van der Waals surface area contributed by atoms with E-state index in [-0.39, 0.29) is 36.3 Å². The molecule has 1 heterocycles. The van der Waals surface area contributed by atoms with Crippen LogP contribution in [0.3, 0.4) is 0 Å². The van der Waals surface area contributed by atoms with Gasteiger partial charge in [0.2, 0.25) is 5.91 Å². The van der Waals surface area contributed by atoms with Gasteiger partial charge in [0, 0.05) is 63.1 Å². The average Bonchev–Trinajstić information content (AvgIpc) is 3.28. The van der Waals surface area contributed by atoms with Gasteiger partial charge in [-0.3, -0.25) is 20.0 Å². The minimum atomic E-state index is -0.863. The first kappa shape index (κ1) is 37.4. The zero-order valence-electron chi connectivity index (χ0n) is 26.0. The Hall–Kier alpha value is -2.10. The Kier molecular flexibility index (Phi) is 17.4. The molecule has 13 heteroatoms. The second-order valence-corrected chi connectivity index (χ2v) is 12.2. The van der Waals surface area contributed by atoms with Crippen molar-refractivity contribution in [2.45, 2.75) is 63.3 Å². The number of aliphatic hydroxyl groups excluding tert-OH is 3. The van der Waals surface area contributed by atoms with Crippen LogP contribution in [0.15, 0.2) is 48.6 Å². The molecule has 1 aromatic rings. The summed E-state index contributed by atoms with van der Waals surface area (Å²) in [7, 11) is 0. The molecule has 3 rings (SSSR count). The number of carbonyl (C=O) groups is 1. The van der Waals surface area contributed by atoms with Crippen LogP contribution in [0.25, 0.3) is 0 Å². The van der Waals surface area contributed by atoms with E-state index in [9.17, 15) is 20.1 Å². The highest BCUT2D eigenvalue weighted by Crippen LogP contribution is 2.36. The largest absolute Gasteiger partial charge is 0.491 e. The third-order valence-electron chi connectivity index (χ3n) is 8.30. The number of nitrogens with zero attached hydrogens (tertiary/aromatic N) is 3. The molecule has 1 saturated heterocycles. The lowest BCUT2D eigenvalue weighted by atomic mass is 9.89. The van der Waals surface area contributed by atoms with Gasteiger partial charge in [-0.2, -0.15) is 0 Å². The van der Waals surface area contributed by atoms with Gasteiger partial charge in [-0.15, -0.1) is 0 Å². The molecule has 1 aliphatic heterocycles. The van der Waals surface area contributed by atoms with Crippen molar-refractivity contribution >= 4 is 17.5 Å². The Morgan fingerprint density at radius 3 is 2.51 bits per heavy atom. The predicted molar refractivity (Wildman–Crippen MR) is 170 cm³/mol. The lowest BCUT2D eigenvalue weighted by Gasteiger charge is -2.34. The summed E-state index contributed by atoms with van der Waals surface area (Å²) < 4.78 is 5.58. The molecule has 0 unspecified atom stereocenters. The third-order valence-corrected chi connectivity index (χ3v) is 8.54. The number of piperazine rings is 1. The number of aliphatic hydroxyl groups is 3. The number of benzene rings is 1. The monoisotopic (exact) mass is 654 g/mol.